The lowest BCUT2D eigenvalue weighted by Crippen LogP contribution is -2.35. The minimum Gasteiger partial charge on any atom is -0.478 e. The summed E-state index contributed by atoms with van der Waals surface area (Å²) in [5.41, 5.74) is 3.74. The van der Waals surface area contributed by atoms with Gasteiger partial charge in [0.2, 0.25) is 0 Å². The number of halogens is 3. The fourth-order valence-electron chi connectivity index (χ4n) is 0.972. The quantitative estimate of drug-likeness (QED) is 0.614. The highest BCUT2D eigenvalue weighted by molar-refractivity contribution is 5.91. The molecule has 0 spiro atoms. The minimum atomic E-state index is -2.63. The first kappa shape index (κ1) is 9.79. The first-order chi connectivity index (χ1) is 5.83. The van der Waals surface area contributed by atoms with Crippen molar-refractivity contribution < 1.29 is 23.1 Å². The Balaban J connectivity index is 3.16. The summed E-state index contributed by atoms with van der Waals surface area (Å²) in [7, 11) is 0. The van der Waals surface area contributed by atoms with E-state index >= 15 is 0 Å². The summed E-state index contributed by atoms with van der Waals surface area (Å²) in [6.07, 6.45) is -0.622. The smallest absolute Gasteiger partial charge is 0.338 e. The summed E-state index contributed by atoms with van der Waals surface area (Å²) in [6.45, 7) is 0. The number of hydrogen-bond donors (Lipinski definition) is 2. The lowest BCUT2D eigenvalue weighted by molar-refractivity contribution is -0.132. The Kier molecular flexibility index (Phi) is 2.17. The van der Waals surface area contributed by atoms with E-state index in [2.05, 4.69) is 0 Å². The van der Waals surface area contributed by atoms with E-state index in [1.165, 1.54) is 0 Å². The summed E-state index contributed by atoms with van der Waals surface area (Å²) >= 11 is 0. The van der Waals surface area contributed by atoms with Crippen molar-refractivity contribution in [3.63, 3.8) is 0 Å². The van der Waals surface area contributed by atoms with Crippen molar-refractivity contribution in [2.75, 3.05) is 0 Å². The van der Waals surface area contributed by atoms with Gasteiger partial charge in [-0.15, -0.1) is 0 Å². The lowest BCUT2D eigenvalue weighted by Gasteiger charge is -2.20. The van der Waals surface area contributed by atoms with Crippen molar-refractivity contribution in [3.05, 3.63) is 23.3 Å². The predicted molar refractivity (Wildman–Crippen MR) is 37.6 cm³/mol. The molecule has 1 aliphatic rings. The molecule has 0 aromatic carbocycles. The van der Waals surface area contributed by atoms with E-state index in [0.29, 0.717) is 6.08 Å². The third-order valence-corrected chi connectivity index (χ3v) is 1.52. The third-order valence-electron chi connectivity index (χ3n) is 1.52. The highest BCUT2D eigenvalue weighted by Crippen LogP contribution is 2.32. The second-order valence-electron chi connectivity index (χ2n) is 2.69. The Bertz CT molecular complexity index is 320. The van der Waals surface area contributed by atoms with Crippen LogP contribution in [0, 0.1) is 0 Å². The maximum atomic E-state index is 12.9. The molecule has 0 saturated heterocycles. The molecule has 1 aliphatic carbocycles. The highest BCUT2D eigenvalue weighted by atomic mass is 19.2. The normalized spacial score (nSPS) is 28.8. The van der Waals surface area contributed by atoms with E-state index in [1.807, 2.05) is 0 Å². The van der Waals surface area contributed by atoms with E-state index in [0.717, 1.165) is 0 Å². The van der Waals surface area contributed by atoms with Gasteiger partial charge in [-0.3, -0.25) is 5.73 Å². The van der Waals surface area contributed by atoms with Gasteiger partial charge in [0.1, 0.15) is 5.83 Å². The maximum absolute atomic E-state index is 12.9. The molecule has 1 rings (SSSR count). The predicted octanol–water partition coefficient (Wildman–Crippen LogP) is 1.18. The Labute approximate surface area is 71.3 Å². The first-order valence-electron chi connectivity index (χ1n) is 3.32. The van der Waals surface area contributed by atoms with Gasteiger partial charge in [-0.05, 0) is 6.08 Å². The summed E-state index contributed by atoms with van der Waals surface area (Å²) in [5, 5.41) is 8.33. The van der Waals surface area contributed by atoms with Crippen LogP contribution >= 0.6 is 0 Å². The molecular weight excluding hydrogens is 187 g/mol. The zero-order valence-electron chi connectivity index (χ0n) is 6.35. The van der Waals surface area contributed by atoms with E-state index in [-0.39, 0.29) is 0 Å². The largest absolute Gasteiger partial charge is 0.478 e. The number of carboxylic acid groups (broad SMARTS) is 1. The first-order valence-corrected chi connectivity index (χ1v) is 3.32. The molecule has 0 radical (unpaired) electrons. The molecule has 1 atom stereocenters. The SMILES string of the molecule is NC1(F)C=C(C(=O)O)C(F)=C(F)C1. The second-order valence-corrected chi connectivity index (χ2v) is 2.69. The number of nitrogens with two attached hydrogens (primary N) is 1. The second kappa shape index (κ2) is 2.88. The summed E-state index contributed by atoms with van der Waals surface area (Å²) < 4.78 is 38.1. The number of hydrogen-bond acceptors (Lipinski definition) is 2. The van der Waals surface area contributed by atoms with Crippen LogP contribution in [-0.2, 0) is 4.79 Å². The van der Waals surface area contributed by atoms with Crippen LogP contribution in [0.4, 0.5) is 13.2 Å². The molecule has 3 N–H and O–H groups in total. The Hall–Kier alpha value is -1.30. The van der Waals surface area contributed by atoms with Gasteiger partial charge in [-0.1, -0.05) is 0 Å². The Morgan fingerprint density at radius 3 is 2.62 bits per heavy atom. The van der Waals surface area contributed by atoms with Crippen molar-refractivity contribution >= 4 is 5.97 Å². The average molecular weight is 193 g/mol. The number of rotatable bonds is 1. The van der Waals surface area contributed by atoms with Crippen LogP contribution in [0.1, 0.15) is 6.42 Å². The Morgan fingerprint density at radius 2 is 2.15 bits per heavy atom. The van der Waals surface area contributed by atoms with Crippen molar-refractivity contribution in [3.8, 4) is 0 Å². The van der Waals surface area contributed by atoms with Gasteiger partial charge in [0, 0.05) is 0 Å². The molecule has 0 amide bonds. The highest BCUT2D eigenvalue weighted by Gasteiger charge is 2.34. The lowest BCUT2D eigenvalue weighted by atomic mass is 9.99. The molecule has 72 valence electrons. The summed E-state index contributed by atoms with van der Waals surface area (Å²) in [5.74, 6) is -7.43. The fourth-order valence-corrected chi connectivity index (χ4v) is 0.972. The standard InChI is InChI=1S/C7H6F3NO2/c8-4-2-7(10,11)1-3(5(4)9)6(12)13/h1H,2,11H2,(H,12,13). The maximum Gasteiger partial charge on any atom is 0.338 e. The molecule has 13 heavy (non-hydrogen) atoms. The van der Waals surface area contributed by atoms with Crippen LogP contribution < -0.4 is 5.73 Å². The van der Waals surface area contributed by atoms with Crippen LogP contribution in [0.3, 0.4) is 0 Å². The number of carboxylic acids is 1. The molecule has 0 bridgehead atoms. The van der Waals surface area contributed by atoms with Crippen molar-refractivity contribution in [1.29, 1.82) is 0 Å². The van der Waals surface area contributed by atoms with Gasteiger partial charge in [0.05, 0.1) is 12.0 Å². The third kappa shape index (κ3) is 1.89. The van der Waals surface area contributed by atoms with Crippen LogP contribution in [0.5, 0.6) is 0 Å². The number of alkyl halides is 1. The fraction of sp³-hybridized carbons (Fsp3) is 0.286. The van der Waals surface area contributed by atoms with E-state index in [1.54, 1.807) is 0 Å². The van der Waals surface area contributed by atoms with Crippen LogP contribution in [0.25, 0.3) is 0 Å². The van der Waals surface area contributed by atoms with Crippen LogP contribution in [0.15, 0.2) is 23.3 Å². The van der Waals surface area contributed by atoms with E-state index < -0.39 is 35.4 Å². The molecule has 0 fully saturated rings. The minimum absolute atomic E-state index is 0.355. The summed E-state index contributed by atoms with van der Waals surface area (Å²) in [6, 6.07) is 0. The van der Waals surface area contributed by atoms with Crippen molar-refractivity contribution in [2.24, 2.45) is 5.73 Å². The van der Waals surface area contributed by atoms with Gasteiger partial charge in [0.25, 0.3) is 0 Å². The molecule has 0 heterocycles. The van der Waals surface area contributed by atoms with Gasteiger partial charge in [0.15, 0.2) is 11.6 Å². The number of carbonyl (C=O) groups is 1. The molecular formula is C7H6F3NO2. The topological polar surface area (TPSA) is 63.3 Å². The molecule has 1 unspecified atom stereocenters. The molecule has 0 saturated carbocycles. The van der Waals surface area contributed by atoms with Gasteiger partial charge in [-0.2, -0.15) is 0 Å². The van der Waals surface area contributed by atoms with Gasteiger partial charge in [-0.25, -0.2) is 18.0 Å². The molecule has 6 heteroatoms. The van der Waals surface area contributed by atoms with Crippen LogP contribution in [0.2, 0.25) is 0 Å². The zero-order valence-corrected chi connectivity index (χ0v) is 6.35. The zero-order chi connectivity index (χ0) is 10.2. The van der Waals surface area contributed by atoms with Crippen LogP contribution in [-0.4, -0.2) is 16.9 Å². The number of aliphatic carboxylic acids is 1. The molecule has 0 aromatic heterocycles. The van der Waals surface area contributed by atoms with Gasteiger partial charge < -0.3 is 5.11 Å². The average Bonchev–Trinajstić information content (AvgIpc) is 1.95. The van der Waals surface area contributed by atoms with E-state index in [4.69, 9.17) is 10.8 Å². The van der Waals surface area contributed by atoms with Crippen molar-refractivity contribution in [1.82, 2.24) is 0 Å². The van der Waals surface area contributed by atoms with E-state index in [9.17, 15) is 18.0 Å². The monoisotopic (exact) mass is 193 g/mol. The van der Waals surface area contributed by atoms with Crippen molar-refractivity contribution in [2.45, 2.75) is 12.2 Å². The van der Waals surface area contributed by atoms with Gasteiger partial charge >= 0.3 is 5.97 Å². The summed E-state index contributed by atoms with van der Waals surface area (Å²) in [4.78, 5) is 10.3. The Morgan fingerprint density at radius 1 is 1.62 bits per heavy atom. The molecule has 0 aliphatic heterocycles. The molecule has 0 aromatic rings. The molecule has 3 nitrogen and oxygen atoms in total.